The van der Waals surface area contributed by atoms with Gasteiger partial charge in [-0.25, -0.2) is 9.78 Å². The molecule has 2 aliphatic carbocycles. The molecule has 0 bridgehead atoms. The summed E-state index contributed by atoms with van der Waals surface area (Å²) < 4.78 is 12.9. The van der Waals surface area contributed by atoms with Gasteiger partial charge in [0, 0.05) is 93.8 Å². The quantitative estimate of drug-likeness (QED) is 0.0906. The Balaban J connectivity index is 0.877. The van der Waals surface area contributed by atoms with Crippen molar-refractivity contribution < 1.29 is 28.7 Å². The monoisotopic (exact) mass is 798 g/mol. The number of ether oxygens (including phenoxy) is 2. The number of carbonyl (C=O) groups is 4. The summed E-state index contributed by atoms with van der Waals surface area (Å²) in [7, 11) is 2.15. The van der Waals surface area contributed by atoms with E-state index in [-0.39, 0.29) is 48.5 Å². The number of fused-ring (bicyclic) bond motifs is 5. The molecule has 15 nitrogen and oxygen atoms in total. The van der Waals surface area contributed by atoms with Crippen molar-refractivity contribution in [2.75, 3.05) is 66.0 Å². The number of hydrogen-bond donors (Lipinski definition) is 4. The third-order valence-electron chi connectivity index (χ3n) is 12.2. The van der Waals surface area contributed by atoms with Crippen molar-refractivity contribution in [2.24, 2.45) is 0 Å². The number of nitrogens with zero attached hydrogens (tertiary/aromatic N) is 4. The zero-order chi connectivity index (χ0) is 40.6. The Morgan fingerprint density at radius 1 is 0.897 bits per heavy atom. The topological polar surface area (TPSA) is 176 Å². The molecule has 0 spiro atoms. The molecule has 1 atom stereocenters. The van der Waals surface area contributed by atoms with Crippen LogP contribution in [0.2, 0.25) is 0 Å². The maximum atomic E-state index is 13.8. The molecule has 2 aliphatic heterocycles. The highest BCUT2D eigenvalue weighted by atomic mass is 16.6. The first-order valence-electron chi connectivity index (χ1n) is 21.1. The Morgan fingerprint density at radius 3 is 2.29 bits per heavy atom. The second-order valence-corrected chi connectivity index (χ2v) is 16.2. The number of likely N-dealkylation sites (N-methyl/N-ethyl adjacent to an activating group) is 1. The molecule has 0 radical (unpaired) electrons. The number of aromatic nitrogens is 2. The van der Waals surface area contributed by atoms with Gasteiger partial charge in [0.05, 0.1) is 29.0 Å². The number of cyclic esters (lactones) is 1. The highest BCUT2D eigenvalue weighted by Crippen LogP contribution is 2.41. The predicted molar refractivity (Wildman–Crippen MR) is 219 cm³/mol. The number of amides is 2. The second kappa shape index (κ2) is 18.9. The second-order valence-electron chi connectivity index (χ2n) is 16.2. The molecule has 4 heterocycles. The average Bonchev–Trinajstić information content (AvgIpc) is 3.54. The van der Waals surface area contributed by atoms with Crippen LogP contribution in [0.3, 0.4) is 0 Å². The third-order valence-corrected chi connectivity index (χ3v) is 12.2. The highest BCUT2D eigenvalue weighted by molar-refractivity contribution is 5.90. The van der Waals surface area contributed by atoms with Gasteiger partial charge in [-0.15, -0.1) is 0 Å². The molecule has 7 rings (SSSR count). The van der Waals surface area contributed by atoms with E-state index in [2.05, 4.69) is 38.1 Å². The summed E-state index contributed by atoms with van der Waals surface area (Å²) in [5.74, 6) is -2.42. The summed E-state index contributed by atoms with van der Waals surface area (Å²) in [5, 5.41) is 13.7. The van der Waals surface area contributed by atoms with Gasteiger partial charge in [0.1, 0.15) is 13.2 Å². The summed E-state index contributed by atoms with van der Waals surface area (Å²) in [6.45, 7) is 7.99. The molecule has 1 aromatic carbocycles. The Kier molecular flexibility index (Phi) is 13.5. The lowest BCUT2D eigenvalue weighted by Crippen LogP contribution is -2.48. The number of rotatable bonds is 21. The summed E-state index contributed by atoms with van der Waals surface area (Å²) in [6.07, 6.45) is 7.49. The smallest absolute Gasteiger partial charge is 0.355 e. The van der Waals surface area contributed by atoms with Crippen LogP contribution in [0.5, 0.6) is 0 Å². The number of para-hydroxylation sites is 1. The maximum absolute atomic E-state index is 13.8. The third kappa shape index (κ3) is 9.60. The van der Waals surface area contributed by atoms with E-state index in [9.17, 15) is 24.0 Å². The Labute approximate surface area is 339 Å². The molecule has 2 fully saturated rings. The van der Waals surface area contributed by atoms with Crippen LogP contribution in [0.1, 0.15) is 81.4 Å². The van der Waals surface area contributed by atoms with E-state index in [4.69, 9.17) is 14.5 Å². The van der Waals surface area contributed by atoms with Crippen molar-refractivity contribution in [3.05, 3.63) is 63.4 Å². The van der Waals surface area contributed by atoms with Gasteiger partial charge in [0.15, 0.2) is 0 Å². The summed E-state index contributed by atoms with van der Waals surface area (Å²) in [5.41, 5.74) is 1.07. The van der Waals surface area contributed by atoms with Gasteiger partial charge in [0.25, 0.3) is 5.56 Å². The number of pyridine rings is 2. The van der Waals surface area contributed by atoms with Crippen LogP contribution in [0, 0.1) is 0 Å². The molecule has 58 heavy (non-hydrogen) atoms. The molecule has 4 N–H and O–H groups in total. The van der Waals surface area contributed by atoms with Crippen LogP contribution in [0.4, 0.5) is 0 Å². The zero-order valence-corrected chi connectivity index (χ0v) is 33.9. The Hall–Kier alpha value is -4.70. The lowest BCUT2D eigenvalue weighted by atomic mass is 9.85. The number of nitrogens with one attached hydrogen (secondary N) is 4. The first-order chi connectivity index (χ1) is 28.1. The van der Waals surface area contributed by atoms with Gasteiger partial charge in [-0.2, -0.15) is 0 Å². The summed E-state index contributed by atoms with van der Waals surface area (Å²) in [6, 6.07) is 12.7. The first-order valence-corrected chi connectivity index (χ1v) is 21.1. The van der Waals surface area contributed by atoms with Crippen LogP contribution in [-0.2, 0) is 47.4 Å². The predicted octanol–water partition coefficient (Wildman–Crippen LogP) is 2.16. The van der Waals surface area contributed by atoms with E-state index in [1.54, 1.807) is 17.6 Å². The van der Waals surface area contributed by atoms with Crippen molar-refractivity contribution in [3.63, 3.8) is 0 Å². The molecule has 15 heteroatoms. The van der Waals surface area contributed by atoms with Crippen LogP contribution in [-0.4, -0.2) is 121 Å². The van der Waals surface area contributed by atoms with Gasteiger partial charge in [-0.05, 0) is 57.4 Å². The Morgan fingerprint density at radius 2 is 1.59 bits per heavy atom. The number of benzene rings is 1. The molecule has 0 saturated heterocycles. The minimum atomic E-state index is -1.88. The minimum Gasteiger partial charge on any atom is -0.457 e. The highest BCUT2D eigenvalue weighted by Gasteiger charge is 2.50. The normalized spacial score (nSPS) is 18.6. The van der Waals surface area contributed by atoms with Crippen molar-refractivity contribution in [3.8, 4) is 11.4 Å². The van der Waals surface area contributed by atoms with Gasteiger partial charge in [0.2, 0.25) is 17.4 Å². The average molecular weight is 799 g/mol. The summed E-state index contributed by atoms with van der Waals surface area (Å²) in [4.78, 5) is 75.4. The SMILES string of the molecule is CC[C@]1(OC(=O)CNC(=O)CCC(=O)NCCN(CCNC2CCC2)CCN(C)CCNC2CCC2)C(=O)OCc2c1cc1n(c2=O)Cc2cc3ccccc3nc2-1. The fourth-order valence-corrected chi connectivity index (χ4v) is 8.11. The first kappa shape index (κ1) is 41.5. The Bertz CT molecular complexity index is 2050. The van der Waals surface area contributed by atoms with E-state index in [1.165, 1.54) is 38.5 Å². The maximum Gasteiger partial charge on any atom is 0.355 e. The molecule has 2 aromatic heterocycles. The zero-order valence-electron chi connectivity index (χ0n) is 33.9. The van der Waals surface area contributed by atoms with Gasteiger partial charge < -0.3 is 40.2 Å². The molecule has 3 aromatic rings. The van der Waals surface area contributed by atoms with Crippen LogP contribution in [0.25, 0.3) is 22.3 Å². The molecular weight excluding hydrogens is 741 g/mol. The minimum absolute atomic E-state index is 0.00259. The fraction of sp³-hybridized carbons (Fsp3) is 0.581. The van der Waals surface area contributed by atoms with E-state index >= 15 is 0 Å². The van der Waals surface area contributed by atoms with Gasteiger partial charge >= 0.3 is 11.9 Å². The lowest BCUT2D eigenvalue weighted by molar-refractivity contribution is -0.189. The van der Waals surface area contributed by atoms with Crippen LogP contribution >= 0.6 is 0 Å². The molecule has 4 aliphatic rings. The molecule has 2 amide bonds. The van der Waals surface area contributed by atoms with E-state index in [0.29, 0.717) is 43.1 Å². The van der Waals surface area contributed by atoms with E-state index in [0.717, 1.165) is 55.7 Å². The number of esters is 2. The van der Waals surface area contributed by atoms with Crippen molar-refractivity contribution in [2.45, 2.75) is 95.5 Å². The fourth-order valence-electron chi connectivity index (χ4n) is 8.11. The van der Waals surface area contributed by atoms with E-state index < -0.39 is 30.0 Å². The van der Waals surface area contributed by atoms with E-state index in [1.807, 2.05) is 30.3 Å². The molecule has 2 saturated carbocycles. The van der Waals surface area contributed by atoms with Crippen molar-refractivity contribution in [1.82, 2.24) is 40.6 Å². The molecular formula is C43H58N8O7. The largest absolute Gasteiger partial charge is 0.457 e. The van der Waals surface area contributed by atoms with Gasteiger partial charge in [-0.3, -0.25) is 24.1 Å². The summed E-state index contributed by atoms with van der Waals surface area (Å²) >= 11 is 0. The van der Waals surface area contributed by atoms with Gasteiger partial charge in [-0.1, -0.05) is 38.0 Å². The van der Waals surface area contributed by atoms with Crippen molar-refractivity contribution in [1.29, 1.82) is 0 Å². The molecule has 0 unspecified atom stereocenters. The van der Waals surface area contributed by atoms with Crippen molar-refractivity contribution >= 4 is 34.7 Å². The standard InChI is InChI=1S/C43H58N8O7/c1-3-43(34-25-36-40-30(24-29-8-4-5-13-35(29)48-40)27-51(36)41(55)33(34)28-57-42(43)56)58-39(54)26-47-38(53)15-14-37(52)46-18-21-50(20-17-45-32-11-7-12-32)23-22-49(2)19-16-44-31-9-6-10-31/h4-5,8,13,24-25,31-32,44-45H,3,6-7,9-12,14-23,26-28H2,1-2H3,(H,46,52)(H,47,53)/t43-/m1/s1. The number of carbonyl (C=O) groups excluding carboxylic acids is 4. The van der Waals surface area contributed by atoms with Crippen LogP contribution in [0.15, 0.2) is 41.2 Å². The molecule has 312 valence electrons. The lowest BCUT2D eigenvalue weighted by Gasteiger charge is -2.35. The number of hydrogen-bond acceptors (Lipinski definition) is 12. The van der Waals surface area contributed by atoms with Crippen LogP contribution < -0.4 is 26.8 Å².